The quantitative estimate of drug-likeness (QED) is 0.811. The molecule has 5 nitrogen and oxygen atoms in total. The lowest BCUT2D eigenvalue weighted by molar-refractivity contribution is -0.133. The van der Waals surface area contributed by atoms with Crippen molar-refractivity contribution >= 4 is 5.91 Å². The van der Waals surface area contributed by atoms with Crippen LogP contribution < -0.4 is 0 Å². The van der Waals surface area contributed by atoms with E-state index in [0.717, 1.165) is 30.9 Å². The molecular weight excluding hydrogens is 230 g/mol. The summed E-state index contributed by atoms with van der Waals surface area (Å²) in [5.41, 5.74) is 0.941. The topological polar surface area (TPSA) is 55.3 Å². The fourth-order valence-electron chi connectivity index (χ4n) is 2.30. The highest BCUT2D eigenvalue weighted by Gasteiger charge is 2.31. The summed E-state index contributed by atoms with van der Waals surface area (Å²) >= 11 is 0. The van der Waals surface area contributed by atoms with Gasteiger partial charge < -0.3 is 9.64 Å². The van der Waals surface area contributed by atoms with E-state index < -0.39 is 0 Å². The molecule has 1 aliphatic rings. The van der Waals surface area contributed by atoms with E-state index in [2.05, 4.69) is 9.97 Å². The zero-order valence-electron chi connectivity index (χ0n) is 10.9. The number of aromatic nitrogens is 2. The van der Waals surface area contributed by atoms with E-state index in [-0.39, 0.29) is 11.9 Å². The second-order valence-corrected chi connectivity index (χ2v) is 4.54. The summed E-state index contributed by atoms with van der Waals surface area (Å²) in [5, 5.41) is 0. The van der Waals surface area contributed by atoms with E-state index in [1.165, 1.54) is 0 Å². The summed E-state index contributed by atoms with van der Waals surface area (Å²) < 4.78 is 4.95. The fraction of sp³-hybridized carbons (Fsp3) is 0.615. The van der Waals surface area contributed by atoms with Crippen molar-refractivity contribution in [3.63, 3.8) is 0 Å². The molecule has 1 aliphatic heterocycles. The molecule has 0 saturated carbocycles. The maximum Gasteiger partial charge on any atom is 0.225 e. The third kappa shape index (κ3) is 2.85. The van der Waals surface area contributed by atoms with Crippen LogP contribution in [0.15, 0.2) is 12.3 Å². The van der Waals surface area contributed by atoms with Crippen LogP contribution >= 0.6 is 0 Å². The van der Waals surface area contributed by atoms with Crippen molar-refractivity contribution in [3.05, 3.63) is 23.8 Å². The van der Waals surface area contributed by atoms with Crippen LogP contribution in [0.1, 0.15) is 36.8 Å². The van der Waals surface area contributed by atoms with E-state index >= 15 is 0 Å². The molecule has 1 atom stereocenters. The maximum absolute atomic E-state index is 12.1. The number of hydrogen-bond donors (Lipinski definition) is 0. The average Bonchev–Trinajstić information content (AvgIpc) is 2.85. The van der Waals surface area contributed by atoms with Crippen molar-refractivity contribution < 1.29 is 9.53 Å². The maximum atomic E-state index is 12.1. The standard InChI is InChI=1S/C13H19N3O2/c1-10-5-7-14-13(15-10)11-4-3-8-16(11)12(17)6-9-18-2/h5,7,11H,3-4,6,8-9H2,1-2H3/t11-/m0/s1. The molecule has 2 heterocycles. The van der Waals surface area contributed by atoms with Crippen LogP contribution in [-0.4, -0.2) is 41.0 Å². The molecule has 0 N–H and O–H groups in total. The molecule has 18 heavy (non-hydrogen) atoms. The van der Waals surface area contributed by atoms with Gasteiger partial charge in [-0.25, -0.2) is 9.97 Å². The van der Waals surface area contributed by atoms with Gasteiger partial charge in [0, 0.05) is 25.5 Å². The lowest BCUT2D eigenvalue weighted by Gasteiger charge is -2.23. The molecule has 0 aliphatic carbocycles. The largest absolute Gasteiger partial charge is 0.384 e. The highest BCUT2D eigenvalue weighted by Crippen LogP contribution is 2.30. The molecule has 0 aromatic carbocycles. The minimum atomic E-state index is 0.0363. The predicted molar refractivity (Wildman–Crippen MR) is 67.0 cm³/mol. The van der Waals surface area contributed by atoms with Crippen LogP contribution in [0.3, 0.4) is 0 Å². The smallest absolute Gasteiger partial charge is 0.225 e. The first-order valence-electron chi connectivity index (χ1n) is 6.30. The van der Waals surface area contributed by atoms with E-state index in [1.54, 1.807) is 13.3 Å². The minimum Gasteiger partial charge on any atom is -0.384 e. The predicted octanol–water partition coefficient (Wildman–Crippen LogP) is 1.49. The zero-order valence-corrected chi connectivity index (χ0v) is 10.9. The number of carbonyl (C=O) groups excluding carboxylic acids is 1. The van der Waals surface area contributed by atoms with Crippen molar-refractivity contribution in [1.29, 1.82) is 0 Å². The Morgan fingerprint density at radius 2 is 2.44 bits per heavy atom. The first-order chi connectivity index (χ1) is 8.72. The summed E-state index contributed by atoms with van der Waals surface area (Å²) in [7, 11) is 1.61. The Bertz CT molecular complexity index is 422. The van der Waals surface area contributed by atoms with Crippen molar-refractivity contribution in [3.8, 4) is 0 Å². The van der Waals surface area contributed by atoms with E-state index in [9.17, 15) is 4.79 Å². The van der Waals surface area contributed by atoms with Gasteiger partial charge in [0.25, 0.3) is 0 Å². The van der Waals surface area contributed by atoms with Gasteiger partial charge in [-0.2, -0.15) is 0 Å². The third-order valence-electron chi connectivity index (χ3n) is 3.20. The van der Waals surface area contributed by atoms with Gasteiger partial charge in [0.05, 0.1) is 19.1 Å². The van der Waals surface area contributed by atoms with Crippen LogP contribution in [-0.2, 0) is 9.53 Å². The van der Waals surface area contributed by atoms with Gasteiger partial charge in [-0.1, -0.05) is 0 Å². The molecule has 2 rings (SSSR count). The number of rotatable bonds is 4. The van der Waals surface area contributed by atoms with Crippen LogP contribution in [0.2, 0.25) is 0 Å². The molecule has 5 heteroatoms. The lowest BCUT2D eigenvalue weighted by atomic mass is 10.2. The number of methoxy groups -OCH3 is 1. The highest BCUT2D eigenvalue weighted by atomic mass is 16.5. The summed E-state index contributed by atoms with van der Waals surface area (Å²) in [6.45, 7) is 3.21. The Labute approximate surface area is 107 Å². The number of hydrogen-bond acceptors (Lipinski definition) is 4. The third-order valence-corrected chi connectivity index (χ3v) is 3.20. The molecule has 0 radical (unpaired) electrons. The zero-order chi connectivity index (χ0) is 13.0. The van der Waals surface area contributed by atoms with Crippen molar-refractivity contribution in [2.75, 3.05) is 20.3 Å². The van der Waals surface area contributed by atoms with Gasteiger partial charge in [0.1, 0.15) is 0 Å². The van der Waals surface area contributed by atoms with Crippen LogP contribution in [0.5, 0.6) is 0 Å². The first-order valence-corrected chi connectivity index (χ1v) is 6.30. The number of ether oxygens (including phenoxy) is 1. The van der Waals surface area contributed by atoms with Gasteiger partial charge in [-0.3, -0.25) is 4.79 Å². The highest BCUT2D eigenvalue weighted by molar-refractivity contribution is 5.77. The molecule has 1 saturated heterocycles. The van der Waals surface area contributed by atoms with Crippen molar-refractivity contribution in [2.45, 2.75) is 32.2 Å². The van der Waals surface area contributed by atoms with Crippen LogP contribution in [0.25, 0.3) is 0 Å². The molecular formula is C13H19N3O2. The number of likely N-dealkylation sites (tertiary alicyclic amines) is 1. The Kier molecular flexibility index (Phi) is 4.25. The lowest BCUT2D eigenvalue weighted by Crippen LogP contribution is -2.32. The molecule has 1 amide bonds. The van der Waals surface area contributed by atoms with Crippen molar-refractivity contribution in [1.82, 2.24) is 14.9 Å². The summed E-state index contributed by atoms with van der Waals surface area (Å²) in [5.74, 6) is 0.891. The number of amides is 1. The summed E-state index contributed by atoms with van der Waals surface area (Å²) in [4.78, 5) is 22.7. The molecule has 0 spiro atoms. The summed E-state index contributed by atoms with van der Waals surface area (Å²) in [6, 6.07) is 1.91. The molecule has 1 aromatic rings. The van der Waals surface area contributed by atoms with Crippen LogP contribution in [0, 0.1) is 6.92 Å². The Morgan fingerprint density at radius 3 is 3.17 bits per heavy atom. The van der Waals surface area contributed by atoms with Crippen molar-refractivity contribution in [2.24, 2.45) is 0 Å². The second-order valence-electron chi connectivity index (χ2n) is 4.54. The monoisotopic (exact) mass is 249 g/mol. The van der Waals surface area contributed by atoms with Gasteiger partial charge in [0.15, 0.2) is 5.82 Å². The number of nitrogens with zero attached hydrogens (tertiary/aromatic N) is 3. The van der Waals surface area contributed by atoms with E-state index in [1.807, 2.05) is 17.9 Å². The van der Waals surface area contributed by atoms with Gasteiger partial charge >= 0.3 is 0 Å². The molecule has 1 aromatic heterocycles. The Hall–Kier alpha value is -1.49. The molecule has 0 unspecified atom stereocenters. The number of aryl methyl sites for hydroxylation is 1. The van der Waals surface area contributed by atoms with Crippen LogP contribution in [0.4, 0.5) is 0 Å². The fourth-order valence-corrected chi connectivity index (χ4v) is 2.30. The Morgan fingerprint density at radius 1 is 1.61 bits per heavy atom. The second kappa shape index (κ2) is 5.91. The molecule has 98 valence electrons. The van der Waals surface area contributed by atoms with Gasteiger partial charge in [-0.15, -0.1) is 0 Å². The molecule has 0 bridgehead atoms. The average molecular weight is 249 g/mol. The van der Waals surface area contributed by atoms with Gasteiger partial charge in [0.2, 0.25) is 5.91 Å². The minimum absolute atomic E-state index is 0.0363. The Balaban J connectivity index is 2.10. The van der Waals surface area contributed by atoms with E-state index in [4.69, 9.17) is 4.74 Å². The summed E-state index contributed by atoms with van der Waals surface area (Å²) in [6.07, 6.45) is 4.15. The first kappa shape index (κ1) is 13.0. The molecule has 1 fully saturated rings. The van der Waals surface area contributed by atoms with Gasteiger partial charge in [-0.05, 0) is 25.8 Å². The number of carbonyl (C=O) groups is 1. The normalized spacial score (nSPS) is 19.2. The van der Waals surface area contributed by atoms with E-state index in [0.29, 0.717) is 13.0 Å². The SMILES string of the molecule is COCCC(=O)N1CCC[C@H]1c1nccc(C)n1.